The van der Waals surface area contributed by atoms with Gasteiger partial charge in [0.25, 0.3) is 5.56 Å². The summed E-state index contributed by atoms with van der Waals surface area (Å²) in [7, 11) is 0. The first-order chi connectivity index (χ1) is 9.66. The molecule has 1 aromatic heterocycles. The average molecular weight is 265 g/mol. The van der Waals surface area contributed by atoms with Crippen LogP contribution in [-0.2, 0) is 0 Å². The molecule has 0 spiro atoms. The molecule has 0 bridgehead atoms. The molecule has 0 fully saturated rings. The summed E-state index contributed by atoms with van der Waals surface area (Å²) in [6.07, 6.45) is 1.35. The van der Waals surface area contributed by atoms with Crippen LogP contribution in [0.3, 0.4) is 0 Å². The minimum Gasteiger partial charge on any atom is -0.399 e. The molecular formula is C16H15N3O. The van der Waals surface area contributed by atoms with Gasteiger partial charge < -0.3 is 5.73 Å². The SMILES string of the molecule is C[C@@H](c1ccccc1)n1c(=O)cnc2cc(N)ccc21. The van der Waals surface area contributed by atoms with Gasteiger partial charge in [0.05, 0.1) is 23.3 Å². The Bertz CT molecular complexity index is 809. The molecule has 0 saturated heterocycles. The van der Waals surface area contributed by atoms with Gasteiger partial charge in [0.15, 0.2) is 0 Å². The smallest absolute Gasteiger partial charge is 0.270 e. The third-order valence-corrected chi connectivity index (χ3v) is 3.48. The third kappa shape index (κ3) is 2.05. The summed E-state index contributed by atoms with van der Waals surface area (Å²) in [5, 5.41) is 0. The number of nitrogens with two attached hydrogens (primary N) is 1. The van der Waals surface area contributed by atoms with Crippen molar-refractivity contribution in [3.8, 4) is 0 Å². The highest BCUT2D eigenvalue weighted by molar-refractivity contribution is 5.78. The Kier molecular flexibility index (Phi) is 2.99. The lowest BCUT2D eigenvalue weighted by atomic mass is 10.1. The van der Waals surface area contributed by atoms with E-state index in [1.54, 1.807) is 16.7 Å². The summed E-state index contributed by atoms with van der Waals surface area (Å²) in [6, 6.07) is 15.3. The van der Waals surface area contributed by atoms with Crippen LogP contribution in [0.25, 0.3) is 11.0 Å². The number of fused-ring (bicyclic) bond motifs is 1. The first kappa shape index (κ1) is 12.4. The van der Waals surface area contributed by atoms with Crippen molar-refractivity contribution < 1.29 is 0 Å². The summed E-state index contributed by atoms with van der Waals surface area (Å²) in [5.74, 6) is 0. The van der Waals surface area contributed by atoms with Crippen LogP contribution < -0.4 is 11.3 Å². The van der Waals surface area contributed by atoms with Crippen molar-refractivity contribution in [2.24, 2.45) is 0 Å². The lowest BCUT2D eigenvalue weighted by molar-refractivity contribution is 0.635. The topological polar surface area (TPSA) is 60.9 Å². The molecule has 0 saturated carbocycles. The van der Waals surface area contributed by atoms with Crippen LogP contribution in [0.1, 0.15) is 18.5 Å². The molecule has 0 aliphatic carbocycles. The molecule has 4 heteroatoms. The van der Waals surface area contributed by atoms with E-state index in [2.05, 4.69) is 4.98 Å². The van der Waals surface area contributed by atoms with Crippen LogP contribution in [-0.4, -0.2) is 9.55 Å². The van der Waals surface area contributed by atoms with Crippen molar-refractivity contribution in [3.05, 3.63) is 70.6 Å². The minimum atomic E-state index is -0.112. The molecule has 20 heavy (non-hydrogen) atoms. The van der Waals surface area contributed by atoms with E-state index in [0.717, 1.165) is 16.6 Å². The Hall–Kier alpha value is -2.62. The average Bonchev–Trinajstić information content (AvgIpc) is 2.48. The lowest BCUT2D eigenvalue weighted by Gasteiger charge is -2.18. The van der Waals surface area contributed by atoms with E-state index < -0.39 is 0 Å². The Balaban J connectivity index is 2.25. The molecule has 4 nitrogen and oxygen atoms in total. The number of hydrogen-bond acceptors (Lipinski definition) is 3. The number of anilines is 1. The van der Waals surface area contributed by atoms with Crippen LogP contribution in [0.2, 0.25) is 0 Å². The summed E-state index contributed by atoms with van der Waals surface area (Å²) in [4.78, 5) is 16.4. The second-order valence-corrected chi connectivity index (χ2v) is 4.80. The minimum absolute atomic E-state index is 0.0576. The van der Waals surface area contributed by atoms with E-state index in [4.69, 9.17) is 5.73 Å². The van der Waals surface area contributed by atoms with E-state index in [0.29, 0.717) is 5.69 Å². The number of rotatable bonds is 2. The largest absolute Gasteiger partial charge is 0.399 e. The number of hydrogen-bond donors (Lipinski definition) is 1. The van der Waals surface area contributed by atoms with E-state index >= 15 is 0 Å². The quantitative estimate of drug-likeness (QED) is 0.724. The molecule has 100 valence electrons. The van der Waals surface area contributed by atoms with Crippen molar-refractivity contribution in [3.63, 3.8) is 0 Å². The van der Waals surface area contributed by atoms with Gasteiger partial charge in [0, 0.05) is 5.69 Å². The fourth-order valence-corrected chi connectivity index (χ4v) is 2.43. The van der Waals surface area contributed by atoms with Gasteiger partial charge in [-0.25, -0.2) is 4.98 Å². The highest BCUT2D eigenvalue weighted by atomic mass is 16.1. The van der Waals surface area contributed by atoms with Crippen molar-refractivity contribution in [2.75, 3.05) is 5.73 Å². The molecule has 0 unspecified atom stereocenters. The summed E-state index contributed by atoms with van der Waals surface area (Å²) in [6.45, 7) is 2.01. The van der Waals surface area contributed by atoms with Gasteiger partial charge in [0.2, 0.25) is 0 Å². The zero-order valence-electron chi connectivity index (χ0n) is 11.2. The zero-order chi connectivity index (χ0) is 14.1. The summed E-state index contributed by atoms with van der Waals surface area (Å²) >= 11 is 0. The van der Waals surface area contributed by atoms with Crippen LogP contribution in [0, 0.1) is 0 Å². The van der Waals surface area contributed by atoms with E-state index in [1.807, 2.05) is 43.3 Å². The molecule has 0 aliphatic heterocycles. The first-order valence-corrected chi connectivity index (χ1v) is 6.48. The number of benzene rings is 2. The predicted octanol–water partition coefficient (Wildman–Crippen LogP) is 2.59. The van der Waals surface area contributed by atoms with Crippen molar-refractivity contribution in [1.29, 1.82) is 0 Å². The van der Waals surface area contributed by atoms with Crippen LogP contribution in [0.5, 0.6) is 0 Å². The Morgan fingerprint density at radius 3 is 2.65 bits per heavy atom. The van der Waals surface area contributed by atoms with Gasteiger partial charge in [-0.3, -0.25) is 9.36 Å². The number of nitrogens with zero attached hydrogens (tertiary/aromatic N) is 2. The fraction of sp³-hybridized carbons (Fsp3) is 0.125. The highest BCUT2D eigenvalue weighted by Gasteiger charge is 2.12. The summed E-state index contributed by atoms with van der Waals surface area (Å²) in [5.41, 5.74) is 8.91. The Morgan fingerprint density at radius 1 is 1.15 bits per heavy atom. The van der Waals surface area contributed by atoms with Crippen LogP contribution in [0.4, 0.5) is 5.69 Å². The second kappa shape index (κ2) is 4.81. The van der Waals surface area contributed by atoms with Gasteiger partial charge in [-0.1, -0.05) is 30.3 Å². The maximum atomic E-state index is 12.2. The molecule has 0 aliphatic rings. The molecule has 1 atom stereocenters. The van der Waals surface area contributed by atoms with Gasteiger partial charge >= 0.3 is 0 Å². The maximum Gasteiger partial charge on any atom is 0.270 e. The Labute approximate surface area is 116 Å². The maximum absolute atomic E-state index is 12.2. The first-order valence-electron chi connectivity index (χ1n) is 6.48. The molecule has 0 radical (unpaired) electrons. The monoisotopic (exact) mass is 265 g/mol. The second-order valence-electron chi connectivity index (χ2n) is 4.80. The number of nitrogen functional groups attached to an aromatic ring is 1. The normalized spacial score (nSPS) is 12.4. The molecule has 1 heterocycles. The van der Waals surface area contributed by atoms with Crippen LogP contribution in [0.15, 0.2) is 59.5 Å². The van der Waals surface area contributed by atoms with Crippen molar-refractivity contribution in [2.45, 2.75) is 13.0 Å². The van der Waals surface area contributed by atoms with Crippen molar-refractivity contribution in [1.82, 2.24) is 9.55 Å². The number of aromatic nitrogens is 2. The molecule has 2 aromatic carbocycles. The van der Waals surface area contributed by atoms with E-state index in [9.17, 15) is 4.79 Å². The Morgan fingerprint density at radius 2 is 1.90 bits per heavy atom. The molecule has 0 amide bonds. The lowest BCUT2D eigenvalue weighted by Crippen LogP contribution is -2.24. The predicted molar refractivity (Wildman–Crippen MR) is 80.7 cm³/mol. The van der Waals surface area contributed by atoms with E-state index in [1.165, 1.54) is 6.20 Å². The van der Waals surface area contributed by atoms with Gasteiger partial charge in [-0.15, -0.1) is 0 Å². The molecular weight excluding hydrogens is 250 g/mol. The van der Waals surface area contributed by atoms with Crippen LogP contribution >= 0.6 is 0 Å². The molecule has 3 rings (SSSR count). The van der Waals surface area contributed by atoms with Gasteiger partial charge in [-0.05, 0) is 30.7 Å². The van der Waals surface area contributed by atoms with Gasteiger partial charge in [-0.2, -0.15) is 0 Å². The zero-order valence-corrected chi connectivity index (χ0v) is 11.2. The third-order valence-electron chi connectivity index (χ3n) is 3.48. The molecule has 2 N–H and O–H groups in total. The van der Waals surface area contributed by atoms with Gasteiger partial charge in [0.1, 0.15) is 0 Å². The standard InChI is InChI=1S/C16H15N3O/c1-11(12-5-3-2-4-6-12)19-15-8-7-13(17)9-14(15)18-10-16(19)20/h2-11H,17H2,1H3/t11-/m0/s1. The highest BCUT2D eigenvalue weighted by Crippen LogP contribution is 2.21. The van der Waals surface area contributed by atoms with E-state index in [-0.39, 0.29) is 11.6 Å². The molecule has 3 aromatic rings. The van der Waals surface area contributed by atoms with Crippen molar-refractivity contribution >= 4 is 16.7 Å². The fourth-order valence-electron chi connectivity index (χ4n) is 2.43. The summed E-state index contributed by atoms with van der Waals surface area (Å²) < 4.78 is 1.75.